The Morgan fingerprint density at radius 1 is 1.27 bits per heavy atom. The molecule has 138 valence electrons. The number of nitrogens with zero attached hydrogens (tertiary/aromatic N) is 1. The molecule has 26 heavy (non-hydrogen) atoms. The lowest BCUT2D eigenvalue weighted by atomic mass is 9.98. The van der Waals surface area contributed by atoms with Gasteiger partial charge in [-0.05, 0) is 37.3 Å². The fraction of sp³-hybridized carbons (Fsp3) is 0.476. The molecule has 0 spiro atoms. The summed E-state index contributed by atoms with van der Waals surface area (Å²) in [5.41, 5.74) is 3.84. The van der Waals surface area contributed by atoms with Crippen molar-refractivity contribution in [3.8, 4) is 0 Å². The average molecular weight is 387 g/mol. The van der Waals surface area contributed by atoms with Gasteiger partial charge in [0.1, 0.15) is 0 Å². The molecule has 1 atom stereocenters. The normalized spacial score (nSPS) is 20.5. The molecular formula is C21H26N2OS2. The van der Waals surface area contributed by atoms with Crippen molar-refractivity contribution >= 4 is 44.0 Å². The van der Waals surface area contributed by atoms with Crippen LogP contribution in [-0.4, -0.2) is 39.9 Å². The molecular weight excluding hydrogens is 360 g/mol. The molecule has 2 aliphatic rings. The number of carbonyl (C=O) groups is 1. The smallest absolute Gasteiger partial charge is 0.222 e. The first-order valence-electron chi connectivity index (χ1n) is 9.63. The summed E-state index contributed by atoms with van der Waals surface area (Å²) in [5, 5.41) is 2.10. The van der Waals surface area contributed by atoms with E-state index in [4.69, 9.17) is 0 Å². The van der Waals surface area contributed by atoms with Crippen LogP contribution in [-0.2, 0) is 4.79 Å². The maximum atomic E-state index is 12.5. The van der Waals surface area contributed by atoms with Crippen molar-refractivity contribution in [1.82, 2.24) is 9.88 Å². The summed E-state index contributed by atoms with van der Waals surface area (Å²) in [6.45, 7) is 1.60. The van der Waals surface area contributed by atoms with Gasteiger partial charge in [-0.25, -0.2) is 0 Å². The third-order valence-electron chi connectivity index (χ3n) is 5.39. The van der Waals surface area contributed by atoms with E-state index < -0.39 is 0 Å². The molecule has 2 aromatic rings. The number of nitrogens with one attached hydrogen (secondary N) is 1. The first-order valence-corrected chi connectivity index (χ1v) is 12.0. The van der Waals surface area contributed by atoms with Gasteiger partial charge in [0, 0.05) is 53.2 Å². The molecule has 4 rings (SSSR count). The second-order valence-electron chi connectivity index (χ2n) is 7.14. The minimum Gasteiger partial charge on any atom is -0.361 e. The van der Waals surface area contributed by atoms with Crippen LogP contribution in [0.5, 0.6) is 0 Å². The van der Waals surface area contributed by atoms with E-state index in [2.05, 4.69) is 41.5 Å². The second-order valence-corrected chi connectivity index (χ2v) is 9.93. The highest BCUT2D eigenvalue weighted by molar-refractivity contribution is 8.77. The van der Waals surface area contributed by atoms with Gasteiger partial charge in [-0.15, -0.1) is 0 Å². The monoisotopic (exact) mass is 386 g/mol. The number of unbranched alkanes of at least 4 members (excludes halogenated alkanes) is 1. The maximum absolute atomic E-state index is 12.5. The van der Waals surface area contributed by atoms with Crippen molar-refractivity contribution in [3.63, 3.8) is 0 Å². The minimum absolute atomic E-state index is 0.327. The Kier molecular flexibility index (Phi) is 5.95. The SMILES string of the molecule is O=C(CCCC[C@H]1CCSS1)N1CC=C(c2c[nH]c3ccccc23)CC1. The van der Waals surface area contributed by atoms with Crippen molar-refractivity contribution in [1.29, 1.82) is 0 Å². The Morgan fingerprint density at radius 2 is 2.19 bits per heavy atom. The zero-order valence-electron chi connectivity index (χ0n) is 15.1. The van der Waals surface area contributed by atoms with Crippen LogP contribution in [0.4, 0.5) is 0 Å². The highest BCUT2D eigenvalue weighted by Crippen LogP contribution is 2.40. The summed E-state index contributed by atoms with van der Waals surface area (Å²) >= 11 is 0. The third-order valence-corrected chi connectivity index (χ3v) is 8.40. The van der Waals surface area contributed by atoms with E-state index in [1.165, 1.54) is 47.1 Å². The van der Waals surface area contributed by atoms with Crippen molar-refractivity contribution in [2.75, 3.05) is 18.8 Å². The van der Waals surface area contributed by atoms with Crippen LogP contribution in [0.25, 0.3) is 16.5 Å². The van der Waals surface area contributed by atoms with E-state index in [9.17, 15) is 4.79 Å². The molecule has 1 fully saturated rings. The molecule has 0 unspecified atom stereocenters. The van der Waals surface area contributed by atoms with Crippen LogP contribution in [0.3, 0.4) is 0 Å². The van der Waals surface area contributed by atoms with Crippen LogP contribution in [0.2, 0.25) is 0 Å². The molecule has 1 N–H and O–H groups in total. The van der Waals surface area contributed by atoms with E-state index in [0.29, 0.717) is 12.3 Å². The number of para-hydroxylation sites is 1. The highest BCUT2D eigenvalue weighted by atomic mass is 33.1. The minimum atomic E-state index is 0.327. The Labute approximate surface area is 163 Å². The molecule has 5 heteroatoms. The van der Waals surface area contributed by atoms with Gasteiger partial charge in [-0.2, -0.15) is 0 Å². The van der Waals surface area contributed by atoms with Gasteiger partial charge in [0.2, 0.25) is 5.91 Å². The van der Waals surface area contributed by atoms with Gasteiger partial charge in [0.15, 0.2) is 0 Å². The van der Waals surface area contributed by atoms with E-state index in [0.717, 1.165) is 31.2 Å². The van der Waals surface area contributed by atoms with Gasteiger partial charge >= 0.3 is 0 Å². The molecule has 1 saturated heterocycles. The molecule has 2 aliphatic heterocycles. The van der Waals surface area contributed by atoms with Crippen LogP contribution >= 0.6 is 21.6 Å². The van der Waals surface area contributed by atoms with Crippen molar-refractivity contribution in [2.24, 2.45) is 0 Å². The lowest BCUT2D eigenvalue weighted by Gasteiger charge is -2.26. The maximum Gasteiger partial charge on any atom is 0.222 e. The summed E-state index contributed by atoms with van der Waals surface area (Å²) in [4.78, 5) is 17.9. The molecule has 1 amide bonds. The largest absolute Gasteiger partial charge is 0.361 e. The van der Waals surface area contributed by atoms with Gasteiger partial charge in [0.05, 0.1) is 0 Å². The Hall–Kier alpha value is -1.33. The number of hydrogen-bond acceptors (Lipinski definition) is 3. The van der Waals surface area contributed by atoms with Crippen LogP contribution in [0.1, 0.15) is 44.1 Å². The summed E-state index contributed by atoms with van der Waals surface area (Å²) in [6, 6.07) is 8.42. The number of aromatic amines is 1. The van der Waals surface area contributed by atoms with Crippen LogP contribution in [0, 0.1) is 0 Å². The lowest BCUT2D eigenvalue weighted by Crippen LogP contribution is -2.34. The van der Waals surface area contributed by atoms with E-state index in [-0.39, 0.29) is 0 Å². The van der Waals surface area contributed by atoms with Gasteiger partial charge < -0.3 is 9.88 Å². The van der Waals surface area contributed by atoms with E-state index >= 15 is 0 Å². The number of fused-ring (bicyclic) bond motifs is 1. The van der Waals surface area contributed by atoms with Gasteiger partial charge in [0.25, 0.3) is 0 Å². The zero-order valence-corrected chi connectivity index (χ0v) is 16.7. The standard InChI is InChI=1S/C21H26N2OS2/c24-21(8-4-1-5-17-11-14-25-26-17)23-12-9-16(10-13-23)19-15-22-20-7-3-2-6-18(19)20/h2-3,6-7,9,15,17,22H,1,4-5,8,10-14H2/t17-/m0/s1. The Bertz CT molecular complexity index is 792. The number of carbonyl (C=O) groups excluding carboxylic acids is 1. The average Bonchev–Trinajstić information content (AvgIpc) is 3.35. The first kappa shape index (κ1) is 18.1. The van der Waals surface area contributed by atoms with E-state index in [1.54, 1.807) is 0 Å². The fourth-order valence-electron chi connectivity index (χ4n) is 3.85. The predicted octanol–water partition coefficient (Wildman–Crippen LogP) is 5.50. The summed E-state index contributed by atoms with van der Waals surface area (Å²) in [7, 11) is 4.04. The number of H-pyrrole nitrogens is 1. The molecule has 3 nitrogen and oxygen atoms in total. The molecule has 0 saturated carbocycles. The first-order chi connectivity index (χ1) is 12.8. The number of aromatic nitrogens is 1. The Morgan fingerprint density at radius 3 is 3.00 bits per heavy atom. The molecule has 1 aromatic carbocycles. The van der Waals surface area contributed by atoms with Crippen molar-refractivity contribution < 1.29 is 4.79 Å². The topological polar surface area (TPSA) is 36.1 Å². The second kappa shape index (κ2) is 8.57. The summed E-state index contributed by atoms with van der Waals surface area (Å²) < 4.78 is 0. The van der Waals surface area contributed by atoms with E-state index in [1.807, 2.05) is 26.5 Å². The van der Waals surface area contributed by atoms with Crippen LogP contribution < -0.4 is 0 Å². The molecule has 0 aliphatic carbocycles. The van der Waals surface area contributed by atoms with Gasteiger partial charge in [-0.1, -0.05) is 52.3 Å². The molecule has 0 bridgehead atoms. The van der Waals surface area contributed by atoms with Crippen LogP contribution in [0.15, 0.2) is 36.5 Å². The van der Waals surface area contributed by atoms with Crippen molar-refractivity contribution in [2.45, 2.75) is 43.8 Å². The number of rotatable bonds is 6. The lowest BCUT2D eigenvalue weighted by molar-refractivity contribution is -0.130. The quantitative estimate of drug-likeness (QED) is 0.526. The number of benzene rings is 1. The number of amides is 1. The van der Waals surface area contributed by atoms with Crippen molar-refractivity contribution in [3.05, 3.63) is 42.1 Å². The zero-order chi connectivity index (χ0) is 17.8. The fourth-order valence-corrected chi connectivity index (χ4v) is 6.88. The highest BCUT2D eigenvalue weighted by Gasteiger charge is 2.20. The third kappa shape index (κ3) is 4.15. The summed E-state index contributed by atoms with van der Waals surface area (Å²) in [6.07, 6.45) is 10.8. The summed E-state index contributed by atoms with van der Waals surface area (Å²) in [5.74, 6) is 1.63. The molecule has 1 aromatic heterocycles. The predicted molar refractivity (Wildman–Crippen MR) is 114 cm³/mol. The molecule has 3 heterocycles. The Balaban J connectivity index is 1.27. The molecule has 0 radical (unpaired) electrons. The van der Waals surface area contributed by atoms with Gasteiger partial charge in [-0.3, -0.25) is 4.79 Å². The number of hydrogen-bond donors (Lipinski definition) is 1.